The number of nitrogens with zero attached hydrogens (tertiary/aromatic N) is 2. The molecule has 1 heterocycles. The number of hydrogen-bond donors (Lipinski definition) is 0. The number of aromatic nitrogens is 2. The van der Waals surface area contributed by atoms with Crippen LogP contribution in [0.15, 0.2) is 30.5 Å². The largest absolute Gasteiger partial charge is 0.238 e. The fourth-order valence-electron chi connectivity index (χ4n) is 1.44. The van der Waals surface area contributed by atoms with Crippen LogP contribution in [0, 0.1) is 20.8 Å². The lowest BCUT2D eigenvalue weighted by Crippen LogP contribution is -1.98. The summed E-state index contributed by atoms with van der Waals surface area (Å²) >= 11 is 0. The van der Waals surface area contributed by atoms with Crippen LogP contribution in [0.1, 0.15) is 16.8 Å². The Morgan fingerprint density at radius 1 is 1.00 bits per heavy atom. The maximum absolute atomic E-state index is 4.33. The lowest BCUT2D eigenvalue weighted by molar-refractivity contribution is 0.845. The molecule has 0 aliphatic rings. The summed E-state index contributed by atoms with van der Waals surface area (Å²) in [6.07, 6.45) is 1.90. The summed E-state index contributed by atoms with van der Waals surface area (Å²) in [4.78, 5) is 0. The van der Waals surface area contributed by atoms with Crippen LogP contribution in [-0.4, -0.2) is 9.78 Å². The van der Waals surface area contributed by atoms with Crippen molar-refractivity contribution in [3.63, 3.8) is 0 Å². The molecule has 0 atom stereocenters. The van der Waals surface area contributed by atoms with Gasteiger partial charge in [-0.25, -0.2) is 4.68 Å². The molecule has 0 fully saturated rings. The van der Waals surface area contributed by atoms with Gasteiger partial charge in [-0.15, -0.1) is 0 Å². The Kier molecular flexibility index (Phi) is 2.12. The maximum atomic E-state index is 4.33. The average molecular weight is 186 g/mol. The zero-order valence-corrected chi connectivity index (χ0v) is 8.78. The van der Waals surface area contributed by atoms with E-state index in [0.29, 0.717) is 0 Å². The van der Waals surface area contributed by atoms with Crippen LogP contribution in [0.5, 0.6) is 0 Å². The topological polar surface area (TPSA) is 17.8 Å². The summed E-state index contributed by atoms with van der Waals surface area (Å²) in [7, 11) is 0. The highest BCUT2D eigenvalue weighted by molar-refractivity contribution is 5.36. The van der Waals surface area contributed by atoms with Crippen LogP contribution < -0.4 is 0 Å². The van der Waals surface area contributed by atoms with Crippen molar-refractivity contribution in [3.05, 3.63) is 47.3 Å². The third-order valence-electron chi connectivity index (χ3n) is 2.53. The molecule has 0 bridgehead atoms. The van der Waals surface area contributed by atoms with Gasteiger partial charge in [-0.3, -0.25) is 0 Å². The van der Waals surface area contributed by atoms with Crippen molar-refractivity contribution in [2.75, 3.05) is 0 Å². The second kappa shape index (κ2) is 3.29. The molecule has 0 unspecified atom stereocenters. The smallest absolute Gasteiger partial charge is 0.0648 e. The van der Waals surface area contributed by atoms with Crippen LogP contribution in [-0.2, 0) is 0 Å². The average Bonchev–Trinajstić information content (AvgIpc) is 2.50. The Morgan fingerprint density at radius 3 is 2.14 bits per heavy atom. The van der Waals surface area contributed by atoms with Gasteiger partial charge in [0.1, 0.15) is 0 Å². The van der Waals surface area contributed by atoms with Gasteiger partial charge in [0.05, 0.1) is 11.9 Å². The summed E-state index contributed by atoms with van der Waals surface area (Å²) < 4.78 is 1.97. The lowest BCUT2D eigenvalue weighted by atomic mass is 10.2. The van der Waals surface area contributed by atoms with Crippen molar-refractivity contribution >= 4 is 0 Å². The monoisotopic (exact) mass is 186 g/mol. The van der Waals surface area contributed by atoms with Gasteiger partial charge in [-0.05, 0) is 38.5 Å². The van der Waals surface area contributed by atoms with Gasteiger partial charge in [-0.1, -0.05) is 17.7 Å². The quantitative estimate of drug-likeness (QED) is 0.669. The van der Waals surface area contributed by atoms with Crippen molar-refractivity contribution in [1.82, 2.24) is 9.78 Å². The number of rotatable bonds is 1. The van der Waals surface area contributed by atoms with Crippen LogP contribution >= 0.6 is 0 Å². The van der Waals surface area contributed by atoms with E-state index in [4.69, 9.17) is 0 Å². The van der Waals surface area contributed by atoms with Gasteiger partial charge < -0.3 is 0 Å². The van der Waals surface area contributed by atoms with Gasteiger partial charge in [-0.2, -0.15) is 5.10 Å². The predicted molar refractivity (Wildman–Crippen MR) is 57.8 cm³/mol. The van der Waals surface area contributed by atoms with E-state index in [0.717, 1.165) is 5.69 Å². The van der Waals surface area contributed by atoms with Crippen molar-refractivity contribution in [2.24, 2.45) is 0 Å². The highest BCUT2D eigenvalue weighted by atomic mass is 15.3. The Hall–Kier alpha value is -1.57. The molecule has 0 amide bonds. The summed E-state index contributed by atoms with van der Waals surface area (Å²) in [6.45, 7) is 6.25. The Bertz CT molecular complexity index is 438. The molecule has 0 saturated heterocycles. The van der Waals surface area contributed by atoms with Crippen molar-refractivity contribution in [2.45, 2.75) is 20.8 Å². The van der Waals surface area contributed by atoms with Gasteiger partial charge in [0.15, 0.2) is 0 Å². The summed E-state index contributed by atoms with van der Waals surface area (Å²) in [6, 6.07) is 8.39. The first-order chi connectivity index (χ1) is 6.68. The first-order valence-electron chi connectivity index (χ1n) is 4.77. The molecular formula is C12H14N2. The SMILES string of the molecule is Cc1ccc(-n2ncc(C)c2C)cc1. The highest BCUT2D eigenvalue weighted by Crippen LogP contribution is 2.13. The molecule has 14 heavy (non-hydrogen) atoms. The van der Waals surface area contributed by atoms with Gasteiger partial charge in [0.25, 0.3) is 0 Å². The fourth-order valence-corrected chi connectivity index (χ4v) is 1.44. The Morgan fingerprint density at radius 2 is 1.64 bits per heavy atom. The molecule has 0 aliphatic carbocycles. The van der Waals surface area contributed by atoms with Gasteiger partial charge >= 0.3 is 0 Å². The van der Waals surface area contributed by atoms with E-state index in [2.05, 4.69) is 50.1 Å². The first-order valence-corrected chi connectivity index (χ1v) is 4.77. The molecule has 0 N–H and O–H groups in total. The molecule has 2 nitrogen and oxygen atoms in total. The van der Waals surface area contributed by atoms with E-state index in [1.54, 1.807) is 0 Å². The third kappa shape index (κ3) is 1.43. The standard InChI is InChI=1S/C12H14N2/c1-9-4-6-12(7-5-9)14-11(3)10(2)8-13-14/h4-8H,1-3H3. The lowest BCUT2D eigenvalue weighted by Gasteiger charge is -2.04. The van der Waals surface area contributed by atoms with Crippen molar-refractivity contribution in [3.8, 4) is 5.69 Å². The van der Waals surface area contributed by atoms with Crippen LogP contribution in [0.2, 0.25) is 0 Å². The molecule has 2 heteroatoms. The second-order valence-corrected chi connectivity index (χ2v) is 3.66. The Balaban J connectivity index is 2.49. The molecule has 2 aromatic rings. The molecule has 0 saturated carbocycles. The number of aryl methyl sites for hydroxylation is 2. The van der Waals surface area contributed by atoms with Gasteiger partial charge in [0, 0.05) is 5.69 Å². The number of benzene rings is 1. The maximum Gasteiger partial charge on any atom is 0.0648 e. The predicted octanol–water partition coefficient (Wildman–Crippen LogP) is 2.80. The minimum absolute atomic E-state index is 1.13. The van der Waals surface area contributed by atoms with Crippen LogP contribution in [0.3, 0.4) is 0 Å². The molecule has 0 radical (unpaired) electrons. The van der Waals surface area contributed by atoms with Gasteiger partial charge in [0.2, 0.25) is 0 Å². The van der Waals surface area contributed by atoms with E-state index in [1.807, 2.05) is 10.9 Å². The van der Waals surface area contributed by atoms with E-state index < -0.39 is 0 Å². The fraction of sp³-hybridized carbons (Fsp3) is 0.250. The molecule has 1 aromatic carbocycles. The Labute approximate surface area is 84.2 Å². The van der Waals surface area contributed by atoms with Crippen LogP contribution in [0.25, 0.3) is 5.69 Å². The highest BCUT2D eigenvalue weighted by Gasteiger charge is 2.03. The third-order valence-corrected chi connectivity index (χ3v) is 2.53. The molecule has 2 rings (SSSR count). The summed E-state index contributed by atoms with van der Waals surface area (Å²) in [5.74, 6) is 0. The van der Waals surface area contributed by atoms with E-state index >= 15 is 0 Å². The minimum atomic E-state index is 1.13. The molecule has 0 spiro atoms. The molecule has 1 aromatic heterocycles. The van der Waals surface area contributed by atoms with Crippen molar-refractivity contribution < 1.29 is 0 Å². The van der Waals surface area contributed by atoms with E-state index in [9.17, 15) is 0 Å². The summed E-state index contributed by atoms with van der Waals surface area (Å²) in [5.41, 5.74) is 4.83. The molecule has 72 valence electrons. The number of hydrogen-bond acceptors (Lipinski definition) is 1. The van der Waals surface area contributed by atoms with E-state index in [-0.39, 0.29) is 0 Å². The molecular weight excluding hydrogens is 172 g/mol. The van der Waals surface area contributed by atoms with Crippen LogP contribution in [0.4, 0.5) is 0 Å². The second-order valence-electron chi connectivity index (χ2n) is 3.66. The normalized spacial score (nSPS) is 10.5. The van der Waals surface area contributed by atoms with E-state index in [1.165, 1.54) is 16.8 Å². The minimum Gasteiger partial charge on any atom is -0.238 e. The summed E-state index contributed by atoms with van der Waals surface area (Å²) in [5, 5.41) is 4.33. The molecule has 0 aliphatic heterocycles. The zero-order chi connectivity index (χ0) is 10.1. The zero-order valence-electron chi connectivity index (χ0n) is 8.78. The first kappa shape index (κ1) is 9.00. The van der Waals surface area contributed by atoms with Crippen molar-refractivity contribution in [1.29, 1.82) is 0 Å².